The molecule has 7 heteroatoms. The molecule has 0 bridgehead atoms. The number of aryl methyl sites for hydroxylation is 1. The van der Waals surface area contributed by atoms with Gasteiger partial charge in [0.05, 0.1) is 11.0 Å². The quantitative estimate of drug-likeness (QED) is 0.640. The molecule has 1 fully saturated rings. The standard InChI is InChI=1S/C21H23N5O2/c27-26(28)17-9-7-16(8-10-17)24-11-13-25(14-12-24)21-22-18-5-1-3-15-4-2-6-19(23-21)20(15)18/h1,3,5,7-10,19H,2,4,6,11-14H2,(H,22,23). The average molecular weight is 377 g/mol. The van der Waals surface area contributed by atoms with Crippen LogP contribution in [0.4, 0.5) is 17.1 Å². The Morgan fingerprint density at radius 1 is 1.04 bits per heavy atom. The fourth-order valence-electron chi connectivity index (χ4n) is 4.52. The summed E-state index contributed by atoms with van der Waals surface area (Å²) in [6.45, 7) is 3.50. The molecule has 2 aromatic carbocycles. The molecular formula is C21H23N5O2. The molecule has 1 atom stereocenters. The lowest BCUT2D eigenvalue weighted by molar-refractivity contribution is -0.384. The van der Waals surface area contributed by atoms with Gasteiger partial charge in [-0.3, -0.25) is 10.1 Å². The third-order valence-electron chi connectivity index (χ3n) is 5.98. The highest BCUT2D eigenvalue weighted by Crippen LogP contribution is 2.40. The molecule has 7 nitrogen and oxygen atoms in total. The molecule has 0 radical (unpaired) electrons. The van der Waals surface area contributed by atoms with Crippen molar-refractivity contribution in [1.82, 2.24) is 4.90 Å². The Kier molecular flexibility index (Phi) is 4.15. The number of hydrogen-bond donors (Lipinski definition) is 1. The summed E-state index contributed by atoms with van der Waals surface area (Å²) < 4.78 is 0. The monoisotopic (exact) mass is 377 g/mol. The first-order valence-electron chi connectivity index (χ1n) is 9.90. The highest BCUT2D eigenvalue weighted by molar-refractivity contribution is 5.96. The summed E-state index contributed by atoms with van der Waals surface area (Å²) in [5.41, 5.74) is 5.21. The minimum Gasteiger partial charge on any atom is -0.368 e. The lowest BCUT2D eigenvalue weighted by Crippen LogP contribution is -2.51. The van der Waals surface area contributed by atoms with Gasteiger partial charge < -0.3 is 15.1 Å². The van der Waals surface area contributed by atoms with Crippen LogP contribution in [-0.4, -0.2) is 42.0 Å². The lowest BCUT2D eigenvalue weighted by atomic mass is 9.86. The zero-order valence-corrected chi connectivity index (χ0v) is 15.7. The maximum absolute atomic E-state index is 10.8. The smallest absolute Gasteiger partial charge is 0.269 e. The molecular weight excluding hydrogens is 354 g/mol. The minimum absolute atomic E-state index is 0.133. The van der Waals surface area contributed by atoms with Gasteiger partial charge in [-0.15, -0.1) is 0 Å². The van der Waals surface area contributed by atoms with Crippen LogP contribution in [0, 0.1) is 10.1 Å². The first kappa shape index (κ1) is 17.0. The molecule has 0 amide bonds. The summed E-state index contributed by atoms with van der Waals surface area (Å²) in [7, 11) is 0. The van der Waals surface area contributed by atoms with Crippen molar-refractivity contribution in [1.29, 1.82) is 0 Å². The molecule has 1 saturated heterocycles. The van der Waals surface area contributed by atoms with E-state index in [9.17, 15) is 10.1 Å². The van der Waals surface area contributed by atoms with E-state index in [1.165, 1.54) is 23.2 Å². The maximum Gasteiger partial charge on any atom is 0.269 e. The highest BCUT2D eigenvalue weighted by atomic mass is 16.6. The van der Waals surface area contributed by atoms with E-state index in [1.54, 1.807) is 12.1 Å². The molecule has 0 spiro atoms. The van der Waals surface area contributed by atoms with E-state index in [4.69, 9.17) is 4.99 Å². The van der Waals surface area contributed by atoms with Crippen molar-refractivity contribution in [3.63, 3.8) is 0 Å². The topological polar surface area (TPSA) is 74.0 Å². The zero-order valence-electron chi connectivity index (χ0n) is 15.7. The molecule has 0 aromatic heterocycles. The summed E-state index contributed by atoms with van der Waals surface area (Å²) in [6, 6.07) is 13.6. The van der Waals surface area contributed by atoms with Gasteiger partial charge in [-0.05, 0) is 43.0 Å². The number of piperazine rings is 1. The summed E-state index contributed by atoms with van der Waals surface area (Å²) in [6.07, 6.45) is 3.48. The summed E-state index contributed by atoms with van der Waals surface area (Å²) >= 11 is 0. The number of nitrogens with one attached hydrogen (secondary N) is 1. The molecule has 144 valence electrons. The van der Waals surface area contributed by atoms with Crippen LogP contribution in [0.25, 0.3) is 0 Å². The van der Waals surface area contributed by atoms with Crippen molar-refractivity contribution < 1.29 is 4.92 Å². The fraction of sp³-hybridized carbons (Fsp3) is 0.381. The number of nitro benzene ring substituents is 1. The Labute approximate surface area is 163 Å². The van der Waals surface area contributed by atoms with Gasteiger partial charge in [0.25, 0.3) is 5.69 Å². The fourth-order valence-corrected chi connectivity index (χ4v) is 4.52. The number of aliphatic imine (C=N–C) groups is 1. The van der Waals surface area contributed by atoms with E-state index in [1.807, 2.05) is 12.1 Å². The van der Waals surface area contributed by atoms with E-state index in [0.29, 0.717) is 0 Å². The second kappa shape index (κ2) is 6.82. The van der Waals surface area contributed by atoms with Crippen LogP contribution in [-0.2, 0) is 6.42 Å². The van der Waals surface area contributed by atoms with Gasteiger partial charge >= 0.3 is 0 Å². The first-order chi connectivity index (χ1) is 13.7. The number of benzene rings is 2. The number of nitro groups is 1. The van der Waals surface area contributed by atoms with Crippen molar-refractivity contribution in [3.8, 4) is 0 Å². The Morgan fingerprint density at radius 3 is 2.54 bits per heavy atom. The Balaban J connectivity index is 1.28. The molecule has 3 aliphatic rings. The number of guanidine groups is 1. The van der Waals surface area contributed by atoms with Gasteiger partial charge in [0, 0.05) is 55.2 Å². The Bertz CT molecular complexity index is 932. The van der Waals surface area contributed by atoms with Gasteiger partial charge in [0.15, 0.2) is 5.96 Å². The largest absolute Gasteiger partial charge is 0.368 e. The van der Waals surface area contributed by atoms with E-state index >= 15 is 0 Å². The summed E-state index contributed by atoms with van der Waals surface area (Å²) in [5.74, 6) is 0.986. The number of nitrogens with zero attached hydrogens (tertiary/aromatic N) is 4. The zero-order chi connectivity index (χ0) is 19.1. The number of rotatable bonds is 2. The average Bonchev–Trinajstić information content (AvgIpc) is 2.74. The Morgan fingerprint density at radius 2 is 1.79 bits per heavy atom. The maximum atomic E-state index is 10.8. The highest BCUT2D eigenvalue weighted by Gasteiger charge is 2.30. The normalized spacial score (nSPS) is 20.9. The SMILES string of the molecule is O=[N+]([O-])c1ccc(N2CCN(C3=NC4CCCc5cccc(c54)N3)CC2)cc1. The van der Waals surface area contributed by atoms with Gasteiger partial charge in [0.2, 0.25) is 0 Å². The molecule has 2 heterocycles. The van der Waals surface area contributed by atoms with Crippen molar-refractivity contribution in [2.45, 2.75) is 25.3 Å². The van der Waals surface area contributed by atoms with Gasteiger partial charge in [-0.1, -0.05) is 12.1 Å². The molecule has 1 unspecified atom stereocenters. The number of hydrogen-bond acceptors (Lipinski definition) is 6. The van der Waals surface area contributed by atoms with Gasteiger partial charge in [0.1, 0.15) is 0 Å². The molecule has 0 saturated carbocycles. The molecule has 1 aliphatic carbocycles. The van der Waals surface area contributed by atoms with E-state index < -0.39 is 0 Å². The van der Waals surface area contributed by atoms with Crippen molar-refractivity contribution in [3.05, 3.63) is 63.7 Å². The van der Waals surface area contributed by atoms with E-state index in [2.05, 4.69) is 33.3 Å². The second-order valence-corrected chi connectivity index (χ2v) is 7.61. The minimum atomic E-state index is -0.358. The van der Waals surface area contributed by atoms with Crippen LogP contribution in [0.15, 0.2) is 47.5 Å². The molecule has 28 heavy (non-hydrogen) atoms. The number of anilines is 2. The van der Waals surface area contributed by atoms with Crippen molar-refractivity contribution >= 4 is 23.0 Å². The van der Waals surface area contributed by atoms with Gasteiger partial charge in [-0.2, -0.15) is 0 Å². The van der Waals surface area contributed by atoms with Crippen molar-refractivity contribution in [2.24, 2.45) is 4.99 Å². The molecule has 2 aliphatic heterocycles. The molecule has 2 aromatic rings. The first-order valence-corrected chi connectivity index (χ1v) is 9.90. The summed E-state index contributed by atoms with van der Waals surface area (Å²) in [5, 5.41) is 14.4. The van der Waals surface area contributed by atoms with Crippen LogP contribution < -0.4 is 10.2 Å². The molecule has 1 N–H and O–H groups in total. The van der Waals surface area contributed by atoms with E-state index in [0.717, 1.165) is 50.7 Å². The predicted octanol–water partition coefficient (Wildman–Crippen LogP) is 3.58. The third-order valence-corrected chi connectivity index (χ3v) is 5.98. The van der Waals surface area contributed by atoms with E-state index in [-0.39, 0.29) is 16.7 Å². The predicted molar refractivity (Wildman–Crippen MR) is 110 cm³/mol. The van der Waals surface area contributed by atoms with Crippen LogP contribution in [0.1, 0.15) is 30.0 Å². The van der Waals surface area contributed by atoms with Crippen LogP contribution in [0.3, 0.4) is 0 Å². The molecule has 5 rings (SSSR count). The number of non-ortho nitro benzene ring substituents is 1. The lowest BCUT2D eigenvalue weighted by Gasteiger charge is -2.40. The van der Waals surface area contributed by atoms with Crippen molar-refractivity contribution in [2.75, 3.05) is 36.4 Å². The third kappa shape index (κ3) is 2.96. The van der Waals surface area contributed by atoms with Crippen LogP contribution in [0.2, 0.25) is 0 Å². The van der Waals surface area contributed by atoms with Crippen LogP contribution in [0.5, 0.6) is 0 Å². The van der Waals surface area contributed by atoms with Gasteiger partial charge in [-0.25, -0.2) is 4.99 Å². The Hall–Kier alpha value is -3.09. The van der Waals surface area contributed by atoms with Crippen LogP contribution >= 0.6 is 0 Å². The second-order valence-electron chi connectivity index (χ2n) is 7.61. The summed E-state index contributed by atoms with van der Waals surface area (Å²) in [4.78, 5) is 20.1.